The van der Waals surface area contributed by atoms with E-state index in [9.17, 15) is 5.11 Å². The van der Waals surface area contributed by atoms with E-state index in [1.54, 1.807) is 0 Å². The van der Waals surface area contributed by atoms with E-state index in [2.05, 4.69) is 67.7 Å². The topological polar surface area (TPSA) is 48.0 Å². The third-order valence-corrected chi connectivity index (χ3v) is 14.0. The summed E-state index contributed by atoms with van der Waals surface area (Å²) in [6.07, 6.45) is 7.57. The summed E-state index contributed by atoms with van der Waals surface area (Å²) in [5.74, 6) is 0. The molecule has 276 valence electrons. The highest BCUT2D eigenvalue weighted by atomic mass is 35.8. The van der Waals surface area contributed by atoms with E-state index in [0.717, 1.165) is 11.6 Å². The van der Waals surface area contributed by atoms with Crippen molar-refractivity contribution in [1.82, 2.24) is 14.8 Å². The fourth-order valence-corrected chi connectivity index (χ4v) is 9.21. The number of aliphatic hydroxyl groups is 1. The maximum absolute atomic E-state index is 9.73. The molecule has 0 aliphatic carbocycles. The number of aliphatic hydroxyl groups excluding tert-OH is 1. The Kier molecular flexibility index (Phi) is 30.7. The lowest BCUT2D eigenvalue weighted by Gasteiger charge is -2.25. The van der Waals surface area contributed by atoms with Gasteiger partial charge < -0.3 is 19.7 Å². The van der Waals surface area contributed by atoms with Crippen molar-refractivity contribution >= 4 is 81.3 Å². The Balaban J connectivity index is 0. The highest BCUT2D eigenvalue weighted by molar-refractivity contribution is 7.64. The summed E-state index contributed by atoms with van der Waals surface area (Å²) in [6.45, 7) is 18.2. The molecule has 1 saturated heterocycles. The summed E-state index contributed by atoms with van der Waals surface area (Å²) in [4.78, 5) is 2.38. The zero-order chi connectivity index (χ0) is 37.2. The van der Waals surface area contributed by atoms with Crippen molar-refractivity contribution in [2.45, 2.75) is 84.8 Å². The van der Waals surface area contributed by atoms with Crippen LogP contribution in [0.3, 0.4) is 0 Å². The monoisotopic (exact) mass is 819 g/mol. The maximum Gasteiger partial charge on any atom is 0.377 e. The molecule has 1 heterocycles. The Morgan fingerprint density at radius 3 is 1.75 bits per heavy atom. The lowest BCUT2D eigenvalue weighted by molar-refractivity contribution is 0.140. The Morgan fingerprint density at radius 1 is 0.938 bits per heavy atom. The fraction of sp³-hybridized carbons (Fsp3) is 0.543. The Labute approximate surface area is 323 Å². The average molecular weight is 823 g/mol. The molecule has 0 bridgehead atoms. The van der Waals surface area contributed by atoms with Crippen molar-refractivity contribution in [3.8, 4) is 0 Å². The molecule has 13 heteroatoms. The molecule has 0 radical (unpaired) electrons. The predicted molar refractivity (Wildman–Crippen MR) is 222 cm³/mol. The Bertz CT molecular complexity index is 1080. The van der Waals surface area contributed by atoms with E-state index in [1.807, 2.05) is 94.6 Å². The number of alkyl halides is 2. The minimum atomic E-state index is -2.35. The fourth-order valence-electron chi connectivity index (χ4n) is 4.35. The van der Waals surface area contributed by atoms with E-state index in [-0.39, 0.29) is 17.5 Å². The van der Waals surface area contributed by atoms with E-state index in [1.165, 1.54) is 25.2 Å². The van der Waals surface area contributed by atoms with Crippen molar-refractivity contribution in [3.63, 3.8) is 0 Å². The van der Waals surface area contributed by atoms with Gasteiger partial charge in [-0.2, -0.15) is 0 Å². The first-order chi connectivity index (χ1) is 22.7. The number of nitrogens with zero attached hydrogens (tertiary/aromatic N) is 2. The molecule has 1 fully saturated rings. The van der Waals surface area contributed by atoms with Crippen LogP contribution in [0.2, 0.25) is 12.1 Å². The molecule has 3 rings (SSSR count). The van der Waals surface area contributed by atoms with Crippen LogP contribution in [0.5, 0.6) is 0 Å². The number of allylic oxidation sites excluding steroid dienone is 4. The van der Waals surface area contributed by atoms with Crippen LogP contribution in [0.25, 0.3) is 0 Å². The van der Waals surface area contributed by atoms with Gasteiger partial charge in [-0.3, -0.25) is 4.57 Å². The van der Waals surface area contributed by atoms with Crippen LogP contribution in [0.15, 0.2) is 85.0 Å². The number of halogens is 6. The van der Waals surface area contributed by atoms with Gasteiger partial charge in [-0.15, -0.1) is 67.5 Å². The first-order valence-corrected chi connectivity index (χ1v) is 25.7. The summed E-state index contributed by atoms with van der Waals surface area (Å²) >= 11 is 32.8. The number of hydrogen-bond acceptors (Lipinski definition) is 5. The minimum absolute atomic E-state index is 0.0885. The van der Waals surface area contributed by atoms with E-state index < -0.39 is 19.9 Å². The normalized spacial score (nSPS) is 20.4. The largest absolute Gasteiger partial charge is 0.387 e. The maximum atomic E-state index is 9.73. The number of nitrogens with one attached hydrogen (secondary N) is 1. The second-order valence-electron chi connectivity index (χ2n) is 10.8. The van der Waals surface area contributed by atoms with Crippen LogP contribution < -0.4 is 5.32 Å². The second-order valence-corrected chi connectivity index (χ2v) is 25.3. The lowest BCUT2D eigenvalue weighted by Crippen LogP contribution is -2.44. The van der Waals surface area contributed by atoms with Gasteiger partial charge in [-0.1, -0.05) is 106 Å². The van der Waals surface area contributed by atoms with Gasteiger partial charge >= 0.3 is 13.8 Å². The third kappa shape index (κ3) is 22.0. The van der Waals surface area contributed by atoms with Crippen LogP contribution in [-0.4, -0.2) is 79.5 Å². The smallest absolute Gasteiger partial charge is 0.377 e. The molecular weight excluding hydrogens is 763 g/mol. The summed E-state index contributed by atoms with van der Waals surface area (Å²) < 4.78 is 8.48. The second kappa shape index (κ2) is 29.5. The molecule has 5 nitrogen and oxygen atoms in total. The molecule has 0 saturated carbocycles. The van der Waals surface area contributed by atoms with Gasteiger partial charge in [0.1, 0.15) is 0 Å². The van der Waals surface area contributed by atoms with Crippen LogP contribution in [-0.2, 0) is 4.43 Å². The molecule has 48 heavy (non-hydrogen) atoms. The highest BCUT2D eigenvalue weighted by Gasteiger charge is 2.51. The minimum Gasteiger partial charge on any atom is -0.387 e. The first kappa shape index (κ1) is 50.0. The standard InChI is InChI=1S/C14H20ClNOSi.C10H15NO.C6H15N.C4H7Cl3Si.CH2Cl2/c1-4-5-11-18(15)16(3)12(2)14(17-18)13-9-7-6-8-10-13;1-8(11-2)10(12)9-6-4-3-5-7-9;1-4-7(5-2)6-3;1-2-3-4-8(5,6)7;2-1-3/h4-10,12,14H,11H2,1-3H3;3-8,10-12H,1-2H3;4-6H2,1-3H3;2-3H,4H2,1H3;1H2/b5-4-;;;3-2-;/t12-,14+,18?;8-,10+;;;/m11.../s1. The number of rotatable bonds is 11. The van der Waals surface area contributed by atoms with Crippen LogP contribution in [0.1, 0.15) is 71.8 Å². The zero-order valence-corrected chi connectivity index (χ0v) is 36.7. The lowest BCUT2D eigenvalue weighted by atomic mass is 10.0. The van der Waals surface area contributed by atoms with Gasteiger partial charge in [-0.05, 0) is 72.6 Å². The van der Waals surface area contributed by atoms with Crippen molar-refractivity contribution in [2.75, 3.05) is 39.1 Å². The van der Waals surface area contributed by atoms with E-state index >= 15 is 0 Å². The molecule has 2 aromatic rings. The Hall–Kier alpha value is -0.106. The predicted octanol–water partition coefficient (Wildman–Crippen LogP) is 11.1. The quantitative estimate of drug-likeness (QED) is 0.102. The summed E-state index contributed by atoms with van der Waals surface area (Å²) in [6, 6.07) is 19.5. The van der Waals surface area contributed by atoms with Gasteiger partial charge in [0, 0.05) is 24.2 Å². The molecular formula is C35H59Cl6N3O2Si2. The number of likely N-dealkylation sites (N-methyl/N-ethyl adjacent to an activating group) is 2. The molecule has 2 N–H and O–H groups in total. The third-order valence-electron chi connectivity index (χ3n) is 7.61. The Morgan fingerprint density at radius 2 is 1.40 bits per heavy atom. The summed E-state index contributed by atoms with van der Waals surface area (Å²) in [7, 11) is 1.62. The SMILES string of the molecule is C/C=C\C[Si](Cl)(Cl)Cl.C/C=C\C[Si]1(Cl)O[C@H](c2ccccc2)[C@@H](C)N1C.CCN(CC)CC.CN[C@H](C)[C@H](O)c1ccccc1.ClCCl. The molecule has 5 atom stereocenters. The van der Waals surface area contributed by atoms with Gasteiger partial charge in [0.25, 0.3) is 0 Å². The molecule has 1 aliphatic rings. The number of hydrogen-bond donors (Lipinski definition) is 2. The van der Waals surface area contributed by atoms with Gasteiger partial charge in [0.2, 0.25) is 0 Å². The van der Waals surface area contributed by atoms with Crippen molar-refractivity contribution < 1.29 is 9.53 Å². The molecule has 1 aliphatic heterocycles. The molecule has 0 spiro atoms. The first-order valence-electron chi connectivity index (χ1n) is 16.3. The van der Waals surface area contributed by atoms with Gasteiger partial charge in [0.15, 0.2) is 0 Å². The van der Waals surface area contributed by atoms with E-state index in [0.29, 0.717) is 12.1 Å². The highest BCUT2D eigenvalue weighted by Crippen LogP contribution is 2.41. The van der Waals surface area contributed by atoms with Crippen molar-refractivity contribution in [1.29, 1.82) is 0 Å². The van der Waals surface area contributed by atoms with Gasteiger partial charge in [-0.25, -0.2) is 0 Å². The molecule has 2 aromatic carbocycles. The molecule has 0 amide bonds. The zero-order valence-electron chi connectivity index (χ0n) is 30.2. The van der Waals surface area contributed by atoms with Crippen molar-refractivity contribution in [2.24, 2.45) is 0 Å². The van der Waals surface area contributed by atoms with Gasteiger partial charge in [0.05, 0.1) is 17.5 Å². The van der Waals surface area contributed by atoms with Crippen LogP contribution in [0, 0.1) is 0 Å². The van der Waals surface area contributed by atoms with Crippen LogP contribution >= 0.6 is 67.5 Å². The molecule has 0 aromatic heterocycles. The van der Waals surface area contributed by atoms with Crippen LogP contribution in [0.4, 0.5) is 0 Å². The number of benzene rings is 2. The summed E-state index contributed by atoms with van der Waals surface area (Å²) in [5, 5.41) is 12.9. The van der Waals surface area contributed by atoms with E-state index in [4.69, 9.17) is 71.9 Å². The molecule has 1 unspecified atom stereocenters. The summed E-state index contributed by atoms with van der Waals surface area (Å²) in [5.41, 5.74) is 2.17. The van der Waals surface area contributed by atoms with Crippen molar-refractivity contribution in [3.05, 3.63) is 96.1 Å². The average Bonchev–Trinajstić information content (AvgIpc) is 3.32.